The summed E-state index contributed by atoms with van der Waals surface area (Å²) in [4.78, 5) is 18.4. The van der Waals surface area contributed by atoms with Crippen molar-refractivity contribution in [1.82, 2.24) is 15.5 Å². The summed E-state index contributed by atoms with van der Waals surface area (Å²) in [5.41, 5.74) is 1.20. The van der Waals surface area contributed by atoms with Crippen molar-refractivity contribution < 1.29 is 9.32 Å². The van der Waals surface area contributed by atoms with Gasteiger partial charge in [-0.1, -0.05) is 17.6 Å². The van der Waals surface area contributed by atoms with Crippen molar-refractivity contribution in [3.8, 4) is 10.7 Å². The first-order valence-corrected chi connectivity index (χ1v) is 10.3. The van der Waals surface area contributed by atoms with Gasteiger partial charge in [0, 0.05) is 23.9 Å². The van der Waals surface area contributed by atoms with E-state index in [2.05, 4.69) is 21.5 Å². The molecule has 0 bridgehead atoms. The number of hydrogen-bond donors (Lipinski definition) is 1. The number of carbonyl (C=O) groups excluding carboxylic acids is 1. The molecule has 3 aromatic heterocycles. The summed E-state index contributed by atoms with van der Waals surface area (Å²) < 4.78 is 5.28. The zero-order valence-corrected chi connectivity index (χ0v) is 16.2. The SMILES string of the molecule is Cc1ccsc1/C=C/C(=O)NCCCCCc1nc(-c2cccs2)no1. The normalized spacial score (nSPS) is 11.3. The molecule has 0 spiro atoms. The van der Waals surface area contributed by atoms with Crippen molar-refractivity contribution >= 4 is 34.7 Å². The Labute approximate surface area is 160 Å². The van der Waals surface area contributed by atoms with E-state index in [9.17, 15) is 4.79 Å². The van der Waals surface area contributed by atoms with Gasteiger partial charge in [0.05, 0.1) is 4.88 Å². The maximum absolute atomic E-state index is 11.8. The minimum absolute atomic E-state index is 0.0460. The molecule has 1 amide bonds. The first kappa shape index (κ1) is 18.5. The lowest BCUT2D eigenvalue weighted by Gasteiger charge is -2.01. The molecular formula is C19H21N3O2S2. The van der Waals surface area contributed by atoms with Crippen molar-refractivity contribution in [3.05, 3.63) is 51.4 Å². The van der Waals surface area contributed by atoms with E-state index in [1.165, 1.54) is 5.56 Å². The molecule has 0 aliphatic heterocycles. The van der Waals surface area contributed by atoms with Gasteiger partial charge in [-0.2, -0.15) is 4.98 Å². The molecule has 0 aromatic carbocycles. The van der Waals surface area contributed by atoms with E-state index < -0.39 is 0 Å². The van der Waals surface area contributed by atoms with E-state index in [0.29, 0.717) is 18.3 Å². The van der Waals surface area contributed by atoms with E-state index in [1.54, 1.807) is 28.7 Å². The maximum Gasteiger partial charge on any atom is 0.244 e. The number of aromatic nitrogens is 2. The number of rotatable bonds is 9. The Kier molecular flexibility index (Phi) is 6.74. The maximum atomic E-state index is 11.8. The van der Waals surface area contributed by atoms with Gasteiger partial charge < -0.3 is 9.84 Å². The van der Waals surface area contributed by atoms with Gasteiger partial charge in [0.15, 0.2) is 0 Å². The van der Waals surface area contributed by atoms with E-state index >= 15 is 0 Å². The van der Waals surface area contributed by atoms with Crippen LogP contribution in [0.25, 0.3) is 16.8 Å². The van der Waals surface area contributed by atoms with Crippen molar-refractivity contribution in [2.24, 2.45) is 0 Å². The number of nitrogens with one attached hydrogen (secondary N) is 1. The number of thiophene rings is 2. The second-order valence-corrected chi connectivity index (χ2v) is 7.79. The fourth-order valence-corrected chi connectivity index (χ4v) is 3.89. The van der Waals surface area contributed by atoms with Crippen molar-refractivity contribution in [3.63, 3.8) is 0 Å². The summed E-state index contributed by atoms with van der Waals surface area (Å²) in [6, 6.07) is 6.01. The largest absolute Gasteiger partial charge is 0.353 e. The zero-order chi connectivity index (χ0) is 18.2. The molecule has 3 heterocycles. The number of carbonyl (C=O) groups is 1. The predicted molar refractivity (Wildman–Crippen MR) is 106 cm³/mol. The molecule has 5 nitrogen and oxygen atoms in total. The highest BCUT2D eigenvalue weighted by Gasteiger charge is 2.08. The van der Waals surface area contributed by atoms with Crippen LogP contribution >= 0.6 is 22.7 Å². The molecule has 26 heavy (non-hydrogen) atoms. The molecule has 0 unspecified atom stereocenters. The van der Waals surface area contributed by atoms with Crippen LogP contribution in [0.1, 0.15) is 35.6 Å². The summed E-state index contributed by atoms with van der Waals surface area (Å²) >= 11 is 3.24. The number of unbranched alkanes of at least 4 members (excludes halogenated alkanes) is 2. The Morgan fingerprint density at radius 1 is 1.23 bits per heavy atom. The average Bonchev–Trinajstić information content (AvgIpc) is 3.37. The van der Waals surface area contributed by atoms with Gasteiger partial charge >= 0.3 is 0 Å². The molecule has 0 saturated carbocycles. The Morgan fingerprint density at radius 2 is 2.15 bits per heavy atom. The Hall–Kier alpha value is -2.25. The lowest BCUT2D eigenvalue weighted by molar-refractivity contribution is -0.116. The van der Waals surface area contributed by atoms with Crippen molar-refractivity contribution in [2.75, 3.05) is 6.54 Å². The van der Waals surface area contributed by atoms with Gasteiger partial charge in [-0.05, 0) is 54.3 Å². The smallest absolute Gasteiger partial charge is 0.244 e. The van der Waals surface area contributed by atoms with Crippen molar-refractivity contribution in [1.29, 1.82) is 0 Å². The number of amides is 1. The molecule has 0 saturated heterocycles. The standard InChI is InChI=1S/C19H21N3O2S2/c1-14-10-13-26-15(14)8-9-17(23)20-11-4-2-3-7-18-21-19(22-24-18)16-6-5-12-25-16/h5-6,8-10,12-13H,2-4,7,11H2,1H3,(H,20,23)/b9-8+. The van der Waals surface area contributed by atoms with Crippen LogP contribution in [0.15, 0.2) is 39.6 Å². The first-order valence-electron chi connectivity index (χ1n) is 8.59. The van der Waals surface area contributed by atoms with Crippen LogP contribution in [0.5, 0.6) is 0 Å². The highest BCUT2D eigenvalue weighted by Crippen LogP contribution is 2.21. The van der Waals surface area contributed by atoms with Gasteiger partial charge in [0.25, 0.3) is 0 Å². The fraction of sp³-hybridized carbons (Fsp3) is 0.316. The molecule has 3 aromatic rings. The summed E-state index contributed by atoms with van der Waals surface area (Å²) in [6.45, 7) is 2.72. The summed E-state index contributed by atoms with van der Waals surface area (Å²) in [7, 11) is 0. The predicted octanol–water partition coefficient (Wildman–Crippen LogP) is 4.71. The van der Waals surface area contributed by atoms with Crippen LogP contribution in [0.4, 0.5) is 0 Å². The second-order valence-electron chi connectivity index (χ2n) is 5.89. The monoisotopic (exact) mass is 387 g/mol. The van der Waals surface area contributed by atoms with Crippen LogP contribution < -0.4 is 5.32 Å². The highest BCUT2D eigenvalue weighted by molar-refractivity contribution is 7.13. The van der Waals surface area contributed by atoms with Crippen LogP contribution in [0, 0.1) is 6.92 Å². The summed E-state index contributed by atoms with van der Waals surface area (Å²) in [5, 5.41) is 10.9. The van der Waals surface area contributed by atoms with Crippen LogP contribution in [-0.2, 0) is 11.2 Å². The molecule has 1 N–H and O–H groups in total. The molecule has 0 aliphatic rings. The number of aryl methyl sites for hydroxylation is 2. The van der Waals surface area contributed by atoms with E-state index in [4.69, 9.17) is 4.52 Å². The number of nitrogens with zero attached hydrogens (tertiary/aromatic N) is 2. The fourth-order valence-electron chi connectivity index (χ4n) is 2.42. The lowest BCUT2D eigenvalue weighted by Crippen LogP contribution is -2.21. The Morgan fingerprint density at radius 3 is 2.92 bits per heavy atom. The van der Waals surface area contributed by atoms with Crippen LogP contribution in [0.3, 0.4) is 0 Å². The molecule has 136 valence electrons. The van der Waals surface area contributed by atoms with Gasteiger partial charge in [-0.25, -0.2) is 0 Å². The molecule has 0 atom stereocenters. The van der Waals surface area contributed by atoms with E-state index in [-0.39, 0.29) is 5.91 Å². The van der Waals surface area contributed by atoms with E-state index in [0.717, 1.165) is 35.4 Å². The van der Waals surface area contributed by atoms with Gasteiger partial charge in [0.1, 0.15) is 0 Å². The van der Waals surface area contributed by atoms with Gasteiger partial charge in [-0.3, -0.25) is 4.79 Å². The topological polar surface area (TPSA) is 68.0 Å². The molecule has 7 heteroatoms. The minimum atomic E-state index is -0.0460. The van der Waals surface area contributed by atoms with E-state index in [1.807, 2.05) is 35.9 Å². The second kappa shape index (κ2) is 9.45. The zero-order valence-electron chi connectivity index (χ0n) is 14.6. The average molecular weight is 388 g/mol. The molecular weight excluding hydrogens is 366 g/mol. The third-order valence-electron chi connectivity index (χ3n) is 3.86. The Bertz CT molecular complexity index is 850. The highest BCUT2D eigenvalue weighted by atomic mass is 32.1. The van der Waals surface area contributed by atoms with Crippen molar-refractivity contribution in [2.45, 2.75) is 32.6 Å². The third-order valence-corrected chi connectivity index (χ3v) is 5.71. The molecule has 0 aliphatic carbocycles. The first-order chi connectivity index (χ1) is 12.7. The Balaban J connectivity index is 1.29. The minimum Gasteiger partial charge on any atom is -0.353 e. The summed E-state index contributed by atoms with van der Waals surface area (Å²) in [5.74, 6) is 1.29. The van der Waals surface area contributed by atoms with Gasteiger partial charge in [-0.15, -0.1) is 22.7 Å². The quantitative estimate of drug-likeness (QED) is 0.426. The molecule has 0 fully saturated rings. The van der Waals surface area contributed by atoms with Crippen LogP contribution in [0.2, 0.25) is 0 Å². The molecule has 0 radical (unpaired) electrons. The molecule has 3 rings (SSSR count). The van der Waals surface area contributed by atoms with Gasteiger partial charge in [0.2, 0.25) is 17.6 Å². The lowest BCUT2D eigenvalue weighted by atomic mass is 10.2. The summed E-state index contributed by atoms with van der Waals surface area (Å²) in [6.07, 6.45) is 7.14. The third kappa shape index (κ3) is 5.37. The number of hydrogen-bond acceptors (Lipinski definition) is 6. The van der Waals surface area contributed by atoms with Crippen LogP contribution in [-0.4, -0.2) is 22.6 Å².